The number of nitrogens with zero attached hydrogens (tertiary/aromatic N) is 1. The van der Waals surface area contributed by atoms with Crippen LogP contribution in [0.15, 0.2) is 93.5 Å². The fourth-order valence-corrected chi connectivity index (χ4v) is 4.22. The quantitative estimate of drug-likeness (QED) is 0.458. The van der Waals surface area contributed by atoms with Crippen LogP contribution < -0.4 is 16.1 Å². The summed E-state index contributed by atoms with van der Waals surface area (Å²) < 4.78 is 11.5. The molecule has 1 aliphatic heterocycles. The molecule has 1 aromatic heterocycles. The molecule has 5 nitrogen and oxygen atoms in total. The van der Waals surface area contributed by atoms with Crippen LogP contribution in [0, 0.1) is 11.3 Å². The van der Waals surface area contributed by atoms with Gasteiger partial charge in [-0.25, -0.2) is 4.79 Å². The van der Waals surface area contributed by atoms with E-state index in [-0.39, 0.29) is 11.5 Å². The predicted molar refractivity (Wildman–Crippen MR) is 123 cm³/mol. The lowest BCUT2D eigenvalue weighted by molar-refractivity contribution is 0.388. The highest BCUT2D eigenvalue weighted by atomic mass is 16.5. The largest absolute Gasteiger partial charge is 0.439 e. The number of allylic oxidation sites excluding steroid dienone is 1. The minimum atomic E-state index is -0.667. The number of fused-ring (bicyclic) bond motifs is 3. The van der Waals surface area contributed by atoms with Gasteiger partial charge in [-0.15, -0.1) is 0 Å². The Morgan fingerprint density at radius 3 is 2.41 bits per heavy atom. The Balaban J connectivity index is 1.71. The van der Waals surface area contributed by atoms with E-state index in [4.69, 9.17) is 14.9 Å². The van der Waals surface area contributed by atoms with Crippen LogP contribution in [-0.4, -0.2) is 0 Å². The number of benzene rings is 3. The molecule has 0 fully saturated rings. The molecule has 1 aliphatic rings. The normalized spacial score (nSPS) is 15.2. The second-order valence-corrected chi connectivity index (χ2v) is 7.73. The fraction of sp³-hybridized carbons (Fsp3) is 0.111. The molecule has 0 amide bonds. The maximum atomic E-state index is 13.1. The van der Waals surface area contributed by atoms with Gasteiger partial charge < -0.3 is 14.9 Å². The van der Waals surface area contributed by atoms with Crippen molar-refractivity contribution in [3.8, 4) is 22.9 Å². The molecule has 0 radical (unpaired) electrons. The van der Waals surface area contributed by atoms with Crippen molar-refractivity contribution in [2.24, 2.45) is 5.73 Å². The van der Waals surface area contributed by atoms with Crippen molar-refractivity contribution in [3.63, 3.8) is 0 Å². The Kier molecular flexibility index (Phi) is 4.76. The van der Waals surface area contributed by atoms with Gasteiger partial charge in [-0.05, 0) is 40.8 Å². The SMILES string of the molecule is CCc1ccc2oc(=O)c3c(c2c1)OC(N)=C(C#N)C3c1ccc(-c2ccccc2)cc1. The number of rotatable bonds is 3. The van der Waals surface area contributed by atoms with Gasteiger partial charge in [0.1, 0.15) is 17.2 Å². The number of ether oxygens (including phenoxy) is 1. The molecule has 0 spiro atoms. The fourth-order valence-electron chi connectivity index (χ4n) is 4.22. The van der Waals surface area contributed by atoms with Crippen LogP contribution in [-0.2, 0) is 6.42 Å². The number of aryl methyl sites for hydroxylation is 1. The van der Waals surface area contributed by atoms with Crippen LogP contribution in [0.3, 0.4) is 0 Å². The van der Waals surface area contributed by atoms with E-state index in [9.17, 15) is 10.1 Å². The van der Waals surface area contributed by atoms with E-state index in [1.165, 1.54) is 0 Å². The number of nitrogens with two attached hydrogens (primary N) is 1. The molecule has 2 N–H and O–H groups in total. The number of hydrogen-bond acceptors (Lipinski definition) is 5. The predicted octanol–water partition coefficient (Wildman–Crippen LogP) is 5.24. The molecule has 3 aromatic carbocycles. The second-order valence-electron chi connectivity index (χ2n) is 7.73. The molecule has 156 valence electrons. The molecule has 32 heavy (non-hydrogen) atoms. The molecule has 0 aliphatic carbocycles. The Morgan fingerprint density at radius 1 is 1.00 bits per heavy atom. The van der Waals surface area contributed by atoms with Crippen LogP contribution in [0.25, 0.3) is 22.1 Å². The van der Waals surface area contributed by atoms with Gasteiger partial charge in [0.25, 0.3) is 0 Å². The lowest BCUT2D eigenvalue weighted by Gasteiger charge is -2.26. The molecular weight excluding hydrogens is 400 g/mol. The van der Waals surface area contributed by atoms with Crippen molar-refractivity contribution in [1.82, 2.24) is 0 Å². The van der Waals surface area contributed by atoms with E-state index in [1.54, 1.807) is 6.07 Å². The van der Waals surface area contributed by atoms with Gasteiger partial charge in [0.15, 0.2) is 5.75 Å². The van der Waals surface area contributed by atoms with Gasteiger partial charge in [0.2, 0.25) is 5.88 Å². The zero-order valence-electron chi connectivity index (χ0n) is 17.5. The molecule has 2 heterocycles. The third-order valence-electron chi connectivity index (χ3n) is 5.89. The number of hydrogen-bond donors (Lipinski definition) is 1. The highest BCUT2D eigenvalue weighted by Gasteiger charge is 2.35. The van der Waals surface area contributed by atoms with Crippen LogP contribution in [0.4, 0.5) is 0 Å². The standard InChI is InChI=1S/C27H20N2O3/c1-2-16-8-13-22-20(14-16)25-24(27(30)31-22)23(21(15-28)26(29)32-25)19-11-9-18(10-12-19)17-6-4-3-5-7-17/h3-14,23H,2,29H2,1H3. The van der Waals surface area contributed by atoms with Crippen molar-refractivity contribution < 1.29 is 9.15 Å². The van der Waals surface area contributed by atoms with E-state index in [2.05, 4.69) is 6.07 Å². The molecular formula is C27H20N2O3. The zero-order chi connectivity index (χ0) is 22.2. The van der Waals surface area contributed by atoms with Gasteiger partial charge in [0.05, 0.1) is 16.9 Å². The highest BCUT2D eigenvalue weighted by molar-refractivity contribution is 5.86. The highest BCUT2D eigenvalue weighted by Crippen LogP contribution is 2.43. The first-order valence-corrected chi connectivity index (χ1v) is 10.4. The van der Waals surface area contributed by atoms with Gasteiger partial charge in [-0.1, -0.05) is 67.6 Å². The van der Waals surface area contributed by atoms with Gasteiger partial charge in [-0.2, -0.15) is 5.26 Å². The van der Waals surface area contributed by atoms with Crippen LogP contribution in [0.1, 0.15) is 29.5 Å². The molecule has 0 bridgehead atoms. The Hall–Kier alpha value is -4.30. The maximum absolute atomic E-state index is 13.1. The maximum Gasteiger partial charge on any atom is 0.344 e. The lowest BCUT2D eigenvalue weighted by Crippen LogP contribution is -2.26. The van der Waals surface area contributed by atoms with Crippen molar-refractivity contribution in [1.29, 1.82) is 5.26 Å². The van der Waals surface area contributed by atoms with Crippen molar-refractivity contribution in [2.75, 3.05) is 0 Å². The monoisotopic (exact) mass is 420 g/mol. The minimum absolute atomic E-state index is 0.00550. The first kappa shape index (κ1) is 19.7. The van der Waals surface area contributed by atoms with Crippen molar-refractivity contribution in [3.05, 3.63) is 111 Å². The average Bonchev–Trinajstić information content (AvgIpc) is 2.84. The second kappa shape index (κ2) is 7.75. The summed E-state index contributed by atoms with van der Waals surface area (Å²) in [4.78, 5) is 13.1. The van der Waals surface area contributed by atoms with Gasteiger partial charge in [-0.3, -0.25) is 0 Å². The summed E-state index contributed by atoms with van der Waals surface area (Å²) in [5.74, 6) is -0.300. The van der Waals surface area contributed by atoms with E-state index in [0.717, 1.165) is 28.7 Å². The summed E-state index contributed by atoms with van der Waals surface area (Å²) in [6, 6.07) is 25.5. The third kappa shape index (κ3) is 3.14. The average molecular weight is 420 g/mol. The first-order chi connectivity index (χ1) is 15.6. The first-order valence-electron chi connectivity index (χ1n) is 10.4. The minimum Gasteiger partial charge on any atom is -0.439 e. The number of nitriles is 1. The molecule has 1 unspecified atom stereocenters. The Morgan fingerprint density at radius 2 is 1.72 bits per heavy atom. The third-order valence-corrected chi connectivity index (χ3v) is 5.89. The van der Waals surface area contributed by atoms with Gasteiger partial charge >= 0.3 is 5.63 Å². The summed E-state index contributed by atoms with van der Waals surface area (Å²) in [6.45, 7) is 2.05. The molecule has 5 rings (SSSR count). The van der Waals surface area contributed by atoms with Crippen molar-refractivity contribution in [2.45, 2.75) is 19.3 Å². The molecule has 0 saturated heterocycles. The topological polar surface area (TPSA) is 89.2 Å². The summed E-state index contributed by atoms with van der Waals surface area (Å²) in [6.07, 6.45) is 0.822. The lowest BCUT2D eigenvalue weighted by atomic mass is 9.83. The van der Waals surface area contributed by atoms with Crippen LogP contribution in [0.2, 0.25) is 0 Å². The Labute approximate surface area is 185 Å². The van der Waals surface area contributed by atoms with Crippen molar-refractivity contribution >= 4 is 11.0 Å². The van der Waals surface area contributed by atoms with Crippen LogP contribution >= 0.6 is 0 Å². The smallest absolute Gasteiger partial charge is 0.344 e. The van der Waals surface area contributed by atoms with E-state index in [1.807, 2.05) is 73.7 Å². The molecule has 1 atom stereocenters. The molecule has 5 heteroatoms. The Bertz CT molecular complexity index is 1460. The zero-order valence-corrected chi connectivity index (χ0v) is 17.5. The van der Waals surface area contributed by atoms with E-state index >= 15 is 0 Å². The van der Waals surface area contributed by atoms with Gasteiger partial charge in [0, 0.05) is 0 Å². The summed E-state index contributed by atoms with van der Waals surface area (Å²) in [7, 11) is 0. The van der Waals surface area contributed by atoms with E-state index in [0.29, 0.717) is 22.3 Å². The molecule has 4 aromatic rings. The van der Waals surface area contributed by atoms with E-state index < -0.39 is 11.5 Å². The molecule has 0 saturated carbocycles. The van der Waals surface area contributed by atoms with Crippen LogP contribution in [0.5, 0.6) is 5.75 Å². The summed E-state index contributed by atoms with van der Waals surface area (Å²) in [5, 5.41) is 10.5. The summed E-state index contributed by atoms with van der Waals surface area (Å²) >= 11 is 0. The summed E-state index contributed by atoms with van der Waals surface area (Å²) in [5.41, 5.74) is 10.5.